The van der Waals surface area contributed by atoms with Gasteiger partial charge in [0.05, 0.1) is 12.3 Å². The Morgan fingerprint density at radius 3 is 2.59 bits per heavy atom. The zero-order valence-electron chi connectivity index (χ0n) is 10.5. The van der Waals surface area contributed by atoms with Gasteiger partial charge in [0.2, 0.25) is 0 Å². The van der Waals surface area contributed by atoms with Gasteiger partial charge in [0.15, 0.2) is 0 Å². The van der Waals surface area contributed by atoms with Gasteiger partial charge in [-0.2, -0.15) is 0 Å². The monoisotopic (exact) mass is 297 g/mol. The van der Waals surface area contributed by atoms with E-state index < -0.39 is 0 Å². The lowest BCUT2D eigenvalue weighted by Crippen LogP contribution is -2.33. The van der Waals surface area contributed by atoms with Gasteiger partial charge in [0.25, 0.3) is 0 Å². The molecule has 94 valence electrons. The van der Waals surface area contributed by atoms with Gasteiger partial charge in [-0.05, 0) is 66.2 Å². The van der Waals surface area contributed by atoms with Crippen molar-refractivity contribution >= 4 is 21.6 Å². The van der Waals surface area contributed by atoms with Crippen molar-refractivity contribution in [3.63, 3.8) is 0 Å². The van der Waals surface area contributed by atoms with Crippen molar-refractivity contribution in [2.75, 3.05) is 11.4 Å². The Bertz CT molecular complexity index is 388. The molecule has 0 aromatic heterocycles. The maximum absolute atomic E-state index is 9.12. The summed E-state index contributed by atoms with van der Waals surface area (Å²) in [5, 5.41) is 9.12. The first-order valence-electron chi connectivity index (χ1n) is 6.27. The molecule has 0 bridgehead atoms. The Morgan fingerprint density at radius 1 is 1.41 bits per heavy atom. The molecule has 0 spiro atoms. The molecule has 0 radical (unpaired) electrons. The molecule has 0 aliphatic heterocycles. The molecule has 0 atom stereocenters. The number of nitrogens with zero attached hydrogens (tertiary/aromatic N) is 1. The minimum absolute atomic E-state index is 0.100. The average Bonchev–Trinajstić information content (AvgIpc) is 3.10. The lowest BCUT2D eigenvalue weighted by Gasteiger charge is -2.30. The standard InChI is InChI=1S/C14H20BrNO/c1-10(2)16(8-11-3-4-11)14-6-5-12(9-17)7-13(14)15/h5-7,10-11,17H,3-4,8-9H2,1-2H3. The molecule has 1 N–H and O–H groups in total. The van der Waals surface area contributed by atoms with E-state index in [4.69, 9.17) is 5.11 Å². The molecule has 0 unspecified atom stereocenters. The van der Waals surface area contributed by atoms with Crippen LogP contribution in [0.2, 0.25) is 0 Å². The predicted octanol–water partition coefficient (Wildman–Crippen LogP) is 3.57. The van der Waals surface area contributed by atoms with Crippen molar-refractivity contribution in [1.29, 1.82) is 0 Å². The van der Waals surface area contributed by atoms with Gasteiger partial charge < -0.3 is 10.0 Å². The summed E-state index contributed by atoms with van der Waals surface area (Å²) in [7, 11) is 0. The number of halogens is 1. The minimum Gasteiger partial charge on any atom is -0.392 e. The number of hydrogen-bond donors (Lipinski definition) is 1. The summed E-state index contributed by atoms with van der Waals surface area (Å²) < 4.78 is 1.08. The second-order valence-corrected chi connectivity index (χ2v) is 5.99. The van der Waals surface area contributed by atoms with E-state index in [1.54, 1.807) is 0 Å². The Kier molecular flexibility index (Phi) is 4.10. The molecule has 2 rings (SSSR count). The first-order chi connectivity index (χ1) is 8.11. The Balaban J connectivity index is 2.21. The van der Waals surface area contributed by atoms with Crippen LogP contribution < -0.4 is 4.90 Å². The lowest BCUT2D eigenvalue weighted by molar-refractivity contribution is 0.282. The summed E-state index contributed by atoms with van der Waals surface area (Å²) in [5.74, 6) is 0.877. The fourth-order valence-electron chi connectivity index (χ4n) is 2.05. The van der Waals surface area contributed by atoms with Gasteiger partial charge in [-0.3, -0.25) is 0 Å². The molecule has 1 saturated carbocycles. The molecule has 1 aliphatic carbocycles. The molecule has 17 heavy (non-hydrogen) atoms. The summed E-state index contributed by atoms with van der Waals surface area (Å²) in [6, 6.07) is 6.63. The van der Waals surface area contributed by atoms with Crippen LogP contribution >= 0.6 is 15.9 Å². The summed E-state index contributed by atoms with van der Waals surface area (Å²) >= 11 is 3.61. The van der Waals surface area contributed by atoms with E-state index in [1.807, 2.05) is 12.1 Å². The van der Waals surface area contributed by atoms with Crippen LogP contribution in [-0.2, 0) is 6.61 Å². The third-order valence-corrected chi connectivity index (χ3v) is 3.91. The first-order valence-corrected chi connectivity index (χ1v) is 7.07. The molecule has 0 heterocycles. The van der Waals surface area contributed by atoms with Crippen LogP contribution in [0.25, 0.3) is 0 Å². The van der Waals surface area contributed by atoms with Gasteiger partial charge in [0.1, 0.15) is 0 Å². The minimum atomic E-state index is 0.100. The average molecular weight is 298 g/mol. The Hall–Kier alpha value is -0.540. The zero-order chi connectivity index (χ0) is 12.4. The highest BCUT2D eigenvalue weighted by Gasteiger charge is 2.26. The maximum Gasteiger partial charge on any atom is 0.0682 e. The number of aliphatic hydroxyl groups is 1. The van der Waals surface area contributed by atoms with Crippen LogP contribution in [-0.4, -0.2) is 17.7 Å². The van der Waals surface area contributed by atoms with Gasteiger partial charge in [-0.15, -0.1) is 0 Å². The van der Waals surface area contributed by atoms with E-state index in [0.717, 1.165) is 22.5 Å². The first kappa shape index (κ1) is 12.9. The number of rotatable bonds is 5. The van der Waals surface area contributed by atoms with Crippen molar-refractivity contribution in [2.24, 2.45) is 5.92 Å². The van der Waals surface area contributed by atoms with Crippen molar-refractivity contribution in [2.45, 2.75) is 39.3 Å². The second-order valence-electron chi connectivity index (χ2n) is 5.13. The molecule has 1 fully saturated rings. The summed E-state index contributed by atoms with van der Waals surface area (Å²) in [5.41, 5.74) is 2.19. The normalized spacial score (nSPS) is 15.4. The van der Waals surface area contributed by atoms with Gasteiger partial charge >= 0.3 is 0 Å². The van der Waals surface area contributed by atoms with E-state index in [0.29, 0.717) is 6.04 Å². The highest BCUT2D eigenvalue weighted by Crippen LogP contribution is 2.35. The number of anilines is 1. The molecular formula is C14H20BrNO. The van der Waals surface area contributed by atoms with Crippen molar-refractivity contribution < 1.29 is 5.11 Å². The van der Waals surface area contributed by atoms with E-state index in [2.05, 4.69) is 40.7 Å². The van der Waals surface area contributed by atoms with E-state index in [9.17, 15) is 0 Å². The van der Waals surface area contributed by atoms with Crippen molar-refractivity contribution in [3.8, 4) is 0 Å². The van der Waals surface area contributed by atoms with Crippen LogP contribution in [0.5, 0.6) is 0 Å². The van der Waals surface area contributed by atoms with Crippen molar-refractivity contribution in [1.82, 2.24) is 0 Å². The molecule has 2 nitrogen and oxygen atoms in total. The Labute approximate surface area is 112 Å². The summed E-state index contributed by atoms with van der Waals surface area (Å²) in [6.45, 7) is 5.71. The molecule has 1 aliphatic rings. The third-order valence-electron chi connectivity index (χ3n) is 3.28. The zero-order valence-corrected chi connectivity index (χ0v) is 12.1. The molecular weight excluding hydrogens is 278 g/mol. The quantitative estimate of drug-likeness (QED) is 0.898. The maximum atomic E-state index is 9.12. The van der Waals surface area contributed by atoms with Gasteiger partial charge in [-0.25, -0.2) is 0 Å². The molecule has 3 heteroatoms. The molecule has 0 saturated heterocycles. The topological polar surface area (TPSA) is 23.5 Å². The summed E-state index contributed by atoms with van der Waals surface area (Å²) in [6.07, 6.45) is 2.74. The third kappa shape index (κ3) is 3.23. The number of benzene rings is 1. The van der Waals surface area contributed by atoms with Crippen molar-refractivity contribution in [3.05, 3.63) is 28.2 Å². The van der Waals surface area contributed by atoms with Gasteiger partial charge in [0, 0.05) is 17.1 Å². The van der Waals surface area contributed by atoms with Crippen LogP contribution in [0.3, 0.4) is 0 Å². The van der Waals surface area contributed by atoms with E-state index in [-0.39, 0.29) is 6.61 Å². The number of aliphatic hydroxyl groups excluding tert-OH is 1. The fraction of sp³-hybridized carbons (Fsp3) is 0.571. The highest BCUT2D eigenvalue weighted by atomic mass is 79.9. The SMILES string of the molecule is CC(C)N(CC1CC1)c1ccc(CO)cc1Br. The molecule has 1 aromatic carbocycles. The highest BCUT2D eigenvalue weighted by molar-refractivity contribution is 9.10. The summed E-state index contributed by atoms with van der Waals surface area (Å²) in [4.78, 5) is 2.45. The van der Waals surface area contributed by atoms with Crippen LogP contribution in [0.4, 0.5) is 5.69 Å². The molecule has 1 aromatic rings. The largest absolute Gasteiger partial charge is 0.392 e. The van der Waals surface area contributed by atoms with Crippen LogP contribution in [0, 0.1) is 5.92 Å². The second kappa shape index (κ2) is 5.40. The van der Waals surface area contributed by atoms with Gasteiger partial charge in [-0.1, -0.05) is 6.07 Å². The predicted molar refractivity (Wildman–Crippen MR) is 75.3 cm³/mol. The molecule has 0 amide bonds. The van der Waals surface area contributed by atoms with E-state index >= 15 is 0 Å². The van der Waals surface area contributed by atoms with E-state index in [1.165, 1.54) is 18.5 Å². The van der Waals surface area contributed by atoms with Crippen LogP contribution in [0.1, 0.15) is 32.3 Å². The number of hydrogen-bond acceptors (Lipinski definition) is 2. The Morgan fingerprint density at radius 2 is 2.12 bits per heavy atom. The lowest BCUT2D eigenvalue weighted by atomic mass is 10.1. The smallest absolute Gasteiger partial charge is 0.0682 e. The van der Waals surface area contributed by atoms with Crippen LogP contribution in [0.15, 0.2) is 22.7 Å². The fourth-order valence-corrected chi connectivity index (χ4v) is 2.70.